The number of nitrogens with one attached hydrogen (secondary N) is 2. The minimum atomic E-state index is -0.305. The first-order valence-corrected chi connectivity index (χ1v) is 11.0. The minimum absolute atomic E-state index is 0.0862. The maximum absolute atomic E-state index is 12.7. The SMILES string of the molecule is CNC(=O)CNC(=O)c1cc2ccccc2n1CCCCCN1C(=O)c2ccccc2C1=O. The summed E-state index contributed by atoms with van der Waals surface area (Å²) in [5, 5.41) is 6.09. The number of benzene rings is 2. The number of imide groups is 1. The van der Waals surface area contributed by atoms with E-state index >= 15 is 0 Å². The molecule has 1 aliphatic heterocycles. The molecule has 2 aromatic carbocycles. The van der Waals surface area contributed by atoms with Gasteiger partial charge < -0.3 is 15.2 Å². The van der Waals surface area contributed by atoms with Gasteiger partial charge in [0.05, 0.1) is 17.7 Å². The molecule has 0 unspecified atom stereocenters. The number of amides is 4. The molecule has 1 aliphatic rings. The zero-order chi connectivity index (χ0) is 23.4. The summed E-state index contributed by atoms with van der Waals surface area (Å²) in [5.74, 6) is -1.04. The number of nitrogens with zero attached hydrogens (tertiary/aromatic N) is 2. The number of hydrogen-bond donors (Lipinski definition) is 2. The van der Waals surface area contributed by atoms with Crippen molar-refractivity contribution in [3.8, 4) is 0 Å². The van der Waals surface area contributed by atoms with Crippen molar-refractivity contribution in [1.29, 1.82) is 0 Å². The van der Waals surface area contributed by atoms with Crippen LogP contribution in [0.4, 0.5) is 0 Å². The van der Waals surface area contributed by atoms with Gasteiger partial charge in [0.15, 0.2) is 0 Å². The van der Waals surface area contributed by atoms with Crippen molar-refractivity contribution in [2.45, 2.75) is 25.8 Å². The highest BCUT2D eigenvalue weighted by Gasteiger charge is 2.34. The Bertz CT molecular complexity index is 1200. The summed E-state index contributed by atoms with van der Waals surface area (Å²) >= 11 is 0. The second-order valence-electron chi connectivity index (χ2n) is 7.96. The molecule has 0 saturated heterocycles. The molecule has 170 valence electrons. The van der Waals surface area contributed by atoms with Gasteiger partial charge in [-0.15, -0.1) is 0 Å². The summed E-state index contributed by atoms with van der Waals surface area (Å²) in [6, 6.07) is 16.5. The number of aromatic nitrogens is 1. The molecular weight excluding hydrogens is 420 g/mol. The standard InChI is InChI=1S/C25H26N4O4/c1-26-22(30)16-27-23(31)21-15-17-9-3-6-12-20(17)28(21)13-7-2-8-14-29-24(32)18-10-4-5-11-19(18)25(29)33/h3-6,9-12,15H,2,7-8,13-14,16H2,1H3,(H,26,30)(H,27,31). The largest absolute Gasteiger partial charge is 0.358 e. The number of fused-ring (bicyclic) bond motifs is 2. The van der Waals surface area contributed by atoms with Crippen molar-refractivity contribution >= 4 is 34.5 Å². The van der Waals surface area contributed by atoms with E-state index in [4.69, 9.17) is 0 Å². The Labute approximate surface area is 191 Å². The zero-order valence-electron chi connectivity index (χ0n) is 18.5. The van der Waals surface area contributed by atoms with E-state index in [9.17, 15) is 19.2 Å². The maximum atomic E-state index is 12.7. The van der Waals surface area contributed by atoms with Crippen molar-refractivity contribution < 1.29 is 19.2 Å². The molecule has 0 atom stereocenters. The van der Waals surface area contributed by atoms with E-state index in [1.165, 1.54) is 11.9 Å². The van der Waals surface area contributed by atoms with E-state index < -0.39 is 0 Å². The van der Waals surface area contributed by atoms with E-state index in [0.29, 0.717) is 36.3 Å². The first kappa shape index (κ1) is 22.3. The van der Waals surface area contributed by atoms with Gasteiger partial charge in [0, 0.05) is 31.0 Å². The average Bonchev–Trinajstić information content (AvgIpc) is 3.33. The lowest BCUT2D eigenvalue weighted by molar-refractivity contribution is -0.119. The Balaban J connectivity index is 1.36. The van der Waals surface area contributed by atoms with Crippen molar-refractivity contribution in [3.05, 3.63) is 71.4 Å². The van der Waals surface area contributed by atoms with Gasteiger partial charge in [-0.25, -0.2) is 0 Å². The molecule has 0 bridgehead atoms. The van der Waals surface area contributed by atoms with E-state index in [1.807, 2.05) is 34.9 Å². The van der Waals surface area contributed by atoms with Crippen LogP contribution in [0.1, 0.15) is 50.5 Å². The molecule has 2 heterocycles. The predicted octanol–water partition coefficient (Wildman–Crippen LogP) is 2.58. The van der Waals surface area contributed by atoms with Crippen LogP contribution in [0.2, 0.25) is 0 Å². The fourth-order valence-electron chi connectivity index (χ4n) is 4.14. The van der Waals surface area contributed by atoms with Gasteiger partial charge in [0.1, 0.15) is 5.69 Å². The number of unbranched alkanes of at least 4 members (excludes halogenated alkanes) is 2. The van der Waals surface area contributed by atoms with Crippen molar-refractivity contribution in [2.24, 2.45) is 0 Å². The third-order valence-electron chi connectivity index (χ3n) is 5.87. The van der Waals surface area contributed by atoms with Gasteiger partial charge in [0.2, 0.25) is 5.91 Å². The molecule has 3 aromatic rings. The third-order valence-corrected chi connectivity index (χ3v) is 5.87. The Morgan fingerprint density at radius 1 is 0.848 bits per heavy atom. The molecule has 0 radical (unpaired) electrons. The van der Waals surface area contributed by atoms with Crippen LogP contribution in [0, 0.1) is 0 Å². The Kier molecular flexibility index (Phi) is 6.53. The lowest BCUT2D eigenvalue weighted by Crippen LogP contribution is -2.36. The van der Waals surface area contributed by atoms with Gasteiger partial charge in [-0.05, 0) is 43.5 Å². The quantitative estimate of drug-likeness (QED) is 0.390. The number of likely N-dealkylation sites (N-methyl/N-ethyl adjacent to an activating group) is 1. The molecule has 0 saturated carbocycles. The Morgan fingerprint density at radius 3 is 2.18 bits per heavy atom. The van der Waals surface area contributed by atoms with Crippen LogP contribution in [0.15, 0.2) is 54.6 Å². The summed E-state index contributed by atoms with van der Waals surface area (Å²) in [6.07, 6.45) is 2.25. The summed E-state index contributed by atoms with van der Waals surface area (Å²) < 4.78 is 1.95. The Hall–Kier alpha value is -3.94. The van der Waals surface area contributed by atoms with Gasteiger partial charge in [-0.3, -0.25) is 24.1 Å². The first-order valence-electron chi connectivity index (χ1n) is 11.0. The van der Waals surface area contributed by atoms with Crippen molar-refractivity contribution in [2.75, 3.05) is 20.1 Å². The monoisotopic (exact) mass is 446 g/mol. The lowest BCUT2D eigenvalue weighted by atomic mass is 10.1. The molecule has 8 nitrogen and oxygen atoms in total. The molecule has 0 fully saturated rings. The van der Waals surface area contributed by atoms with Crippen molar-refractivity contribution in [3.63, 3.8) is 0 Å². The molecular formula is C25H26N4O4. The highest BCUT2D eigenvalue weighted by molar-refractivity contribution is 6.21. The van der Waals surface area contributed by atoms with E-state index in [2.05, 4.69) is 10.6 Å². The molecule has 4 rings (SSSR count). The summed E-state index contributed by atoms with van der Waals surface area (Å²) in [6.45, 7) is 0.897. The smallest absolute Gasteiger partial charge is 0.268 e. The maximum Gasteiger partial charge on any atom is 0.268 e. The summed E-state index contributed by atoms with van der Waals surface area (Å²) in [5.41, 5.74) is 2.38. The van der Waals surface area contributed by atoms with Crippen molar-refractivity contribution in [1.82, 2.24) is 20.1 Å². The number of carbonyl (C=O) groups excluding carboxylic acids is 4. The highest BCUT2D eigenvalue weighted by Crippen LogP contribution is 2.24. The van der Waals surface area contributed by atoms with Crippen LogP contribution in [-0.2, 0) is 11.3 Å². The molecule has 2 N–H and O–H groups in total. The second kappa shape index (κ2) is 9.68. The summed E-state index contributed by atoms with van der Waals surface area (Å²) in [4.78, 5) is 50.5. The first-order chi connectivity index (χ1) is 16.0. The number of aryl methyl sites for hydroxylation is 1. The van der Waals surface area contributed by atoms with Crippen LogP contribution in [-0.4, -0.2) is 53.2 Å². The van der Waals surface area contributed by atoms with Gasteiger partial charge >= 0.3 is 0 Å². The number of hydrogen-bond acceptors (Lipinski definition) is 4. The number of rotatable bonds is 9. The van der Waals surface area contributed by atoms with Crippen LogP contribution in [0.3, 0.4) is 0 Å². The van der Waals surface area contributed by atoms with E-state index in [1.54, 1.807) is 24.3 Å². The second-order valence-corrected chi connectivity index (χ2v) is 7.96. The fraction of sp³-hybridized carbons (Fsp3) is 0.280. The third kappa shape index (κ3) is 4.50. The lowest BCUT2D eigenvalue weighted by Gasteiger charge is -2.14. The van der Waals surface area contributed by atoms with Crippen LogP contribution in [0.25, 0.3) is 10.9 Å². The van der Waals surface area contributed by atoms with E-state index in [0.717, 1.165) is 23.7 Å². The Morgan fingerprint density at radius 2 is 1.48 bits per heavy atom. The molecule has 0 aliphatic carbocycles. The highest BCUT2D eigenvalue weighted by atomic mass is 16.2. The van der Waals surface area contributed by atoms with E-state index in [-0.39, 0.29) is 30.2 Å². The van der Waals surface area contributed by atoms with Gasteiger partial charge in [-0.1, -0.05) is 30.3 Å². The normalized spacial score (nSPS) is 12.8. The topological polar surface area (TPSA) is 101 Å². The molecule has 4 amide bonds. The molecule has 8 heteroatoms. The zero-order valence-corrected chi connectivity index (χ0v) is 18.5. The predicted molar refractivity (Wildman–Crippen MR) is 124 cm³/mol. The number of para-hydroxylation sites is 1. The fourth-order valence-corrected chi connectivity index (χ4v) is 4.14. The molecule has 1 aromatic heterocycles. The minimum Gasteiger partial charge on any atom is -0.358 e. The number of carbonyl (C=O) groups is 4. The van der Waals surface area contributed by atoms with Crippen LogP contribution in [0.5, 0.6) is 0 Å². The average molecular weight is 447 g/mol. The van der Waals surface area contributed by atoms with Gasteiger partial charge in [0.25, 0.3) is 17.7 Å². The van der Waals surface area contributed by atoms with Gasteiger partial charge in [-0.2, -0.15) is 0 Å². The van der Waals surface area contributed by atoms with Crippen LogP contribution < -0.4 is 10.6 Å². The summed E-state index contributed by atoms with van der Waals surface area (Å²) in [7, 11) is 1.52. The van der Waals surface area contributed by atoms with Crippen LogP contribution >= 0.6 is 0 Å². The molecule has 33 heavy (non-hydrogen) atoms. The molecule has 0 spiro atoms.